The fourth-order valence-corrected chi connectivity index (χ4v) is 2.69. The Labute approximate surface area is 147 Å². The first-order valence-corrected chi connectivity index (χ1v) is 9.91. The van der Waals surface area contributed by atoms with Crippen molar-refractivity contribution >= 4 is 0 Å². The number of unbranched alkanes of at least 4 members (excludes halogenated alkanes) is 15. The molecule has 0 saturated carbocycles. The molecular formula is C18H38O6. The van der Waals surface area contributed by atoms with E-state index in [1.54, 1.807) is 0 Å². The monoisotopic (exact) mass is 350 g/mol. The van der Waals surface area contributed by atoms with Crippen molar-refractivity contribution in [2.24, 2.45) is 0 Å². The first-order chi connectivity index (χ1) is 11.9. The van der Waals surface area contributed by atoms with Crippen LogP contribution in [-0.2, 0) is 30.2 Å². The van der Waals surface area contributed by atoms with Crippen molar-refractivity contribution in [2.75, 3.05) is 0 Å². The Morgan fingerprint density at radius 3 is 0.625 bits per heavy atom. The van der Waals surface area contributed by atoms with Crippen LogP contribution in [0.1, 0.15) is 117 Å². The summed E-state index contributed by atoms with van der Waals surface area (Å²) in [4.78, 5) is 0. The van der Waals surface area contributed by atoms with Gasteiger partial charge in [-0.2, -0.15) is 0 Å². The van der Waals surface area contributed by atoms with Crippen molar-refractivity contribution in [3.05, 3.63) is 0 Å². The van der Waals surface area contributed by atoms with Gasteiger partial charge in [0.2, 0.25) is 0 Å². The molecule has 1 aliphatic heterocycles. The molecule has 1 saturated heterocycles. The highest BCUT2D eigenvalue weighted by atomic mass is 18.0. The Kier molecular flexibility index (Phi) is 22.5. The third-order valence-corrected chi connectivity index (χ3v) is 4.12. The molecule has 0 aromatic heterocycles. The summed E-state index contributed by atoms with van der Waals surface area (Å²) in [5.41, 5.74) is 0. The summed E-state index contributed by atoms with van der Waals surface area (Å²) in [6.45, 7) is 4.59. The molecule has 0 aromatic rings. The first kappa shape index (κ1) is 23.8. The molecule has 6 heteroatoms. The second kappa shape index (κ2) is 22.8. The molecular weight excluding hydrogens is 312 g/mol. The molecule has 146 valence electrons. The maximum absolute atomic E-state index is 3.50. The van der Waals surface area contributed by atoms with E-state index in [1.165, 1.54) is 103 Å². The summed E-state index contributed by atoms with van der Waals surface area (Å²) >= 11 is 0. The van der Waals surface area contributed by atoms with E-state index < -0.39 is 0 Å². The fraction of sp³-hybridized carbons (Fsp3) is 1.00. The highest BCUT2D eigenvalue weighted by Crippen LogP contribution is 2.13. The fourth-order valence-electron chi connectivity index (χ4n) is 2.69. The highest BCUT2D eigenvalue weighted by Gasteiger charge is 2.00. The van der Waals surface area contributed by atoms with Gasteiger partial charge in [0.1, 0.15) is 0 Å². The maximum atomic E-state index is 3.50. The van der Waals surface area contributed by atoms with Crippen LogP contribution in [0.2, 0.25) is 0 Å². The third-order valence-electron chi connectivity index (χ3n) is 4.12. The quantitative estimate of drug-likeness (QED) is 0.237. The number of hydrogen-bond donors (Lipinski definition) is 0. The van der Waals surface area contributed by atoms with Crippen LogP contribution in [0.3, 0.4) is 0 Å². The van der Waals surface area contributed by atoms with Crippen LogP contribution < -0.4 is 0 Å². The Hall–Kier alpha value is -0.240. The molecule has 0 aliphatic carbocycles. The van der Waals surface area contributed by atoms with Crippen LogP contribution in [0.5, 0.6) is 0 Å². The zero-order valence-electron chi connectivity index (χ0n) is 15.8. The standard InChI is InChI=1S/C18H38.O6/c1-3-5-7-9-11-13-15-17-18-16-14-12-10-8-6-4-2;1-2-4-6-5-3-1/h3-18H2,1-2H3;. The van der Waals surface area contributed by atoms with Crippen LogP contribution in [0.4, 0.5) is 0 Å². The van der Waals surface area contributed by atoms with Gasteiger partial charge in [-0.3, -0.25) is 0 Å². The van der Waals surface area contributed by atoms with Crippen molar-refractivity contribution < 1.29 is 30.2 Å². The molecule has 0 aromatic carbocycles. The molecule has 0 radical (unpaired) electrons. The second-order valence-corrected chi connectivity index (χ2v) is 6.36. The van der Waals surface area contributed by atoms with Gasteiger partial charge in [-0.15, -0.1) is 0 Å². The second-order valence-electron chi connectivity index (χ2n) is 6.36. The Morgan fingerprint density at radius 1 is 0.292 bits per heavy atom. The predicted molar refractivity (Wildman–Crippen MR) is 91.7 cm³/mol. The van der Waals surface area contributed by atoms with Gasteiger partial charge in [-0.25, -0.2) is 0 Å². The van der Waals surface area contributed by atoms with E-state index in [1.807, 2.05) is 0 Å². The Morgan fingerprint density at radius 2 is 0.458 bits per heavy atom. The molecule has 6 nitrogen and oxygen atoms in total. The molecule has 0 spiro atoms. The summed E-state index contributed by atoms with van der Waals surface area (Å²) in [5, 5.41) is 21.0. The Balaban J connectivity index is 0.000000728. The van der Waals surface area contributed by atoms with E-state index in [-0.39, 0.29) is 0 Å². The zero-order valence-corrected chi connectivity index (χ0v) is 15.8. The topological polar surface area (TPSA) is 55.4 Å². The van der Waals surface area contributed by atoms with Crippen LogP contribution in [0.25, 0.3) is 0 Å². The highest BCUT2D eigenvalue weighted by molar-refractivity contribution is 4.49. The van der Waals surface area contributed by atoms with E-state index in [0.29, 0.717) is 0 Å². The van der Waals surface area contributed by atoms with Gasteiger partial charge in [0, 0.05) is 30.2 Å². The minimum absolute atomic E-state index is 1.37. The summed E-state index contributed by atoms with van der Waals surface area (Å²) in [7, 11) is 0. The van der Waals surface area contributed by atoms with Crippen molar-refractivity contribution in [3.8, 4) is 0 Å². The van der Waals surface area contributed by atoms with Crippen molar-refractivity contribution in [2.45, 2.75) is 117 Å². The molecule has 0 unspecified atom stereocenters. The van der Waals surface area contributed by atoms with Gasteiger partial charge in [-0.05, 0) is 0 Å². The van der Waals surface area contributed by atoms with Crippen LogP contribution in [0, 0.1) is 0 Å². The number of rotatable bonds is 15. The van der Waals surface area contributed by atoms with E-state index in [4.69, 9.17) is 0 Å². The average Bonchev–Trinajstić information content (AvgIpc) is 2.64. The minimum atomic E-state index is 1.37. The average molecular weight is 350 g/mol. The molecule has 0 amide bonds. The van der Waals surface area contributed by atoms with Gasteiger partial charge in [0.25, 0.3) is 0 Å². The van der Waals surface area contributed by atoms with Crippen molar-refractivity contribution in [3.63, 3.8) is 0 Å². The summed E-state index contributed by atoms with van der Waals surface area (Å²) in [5.74, 6) is 0. The first-order valence-electron chi connectivity index (χ1n) is 9.91. The van der Waals surface area contributed by atoms with E-state index >= 15 is 0 Å². The molecule has 1 aliphatic rings. The molecule has 24 heavy (non-hydrogen) atoms. The van der Waals surface area contributed by atoms with Crippen molar-refractivity contribution in [1.82, 2.24) is 0 Å². The van der Waals surface area contributed by atoms with Crippen LogP contribution in [0.15, 0.2) is 0 Å². The lowest BCUT2D eigenvalue weighted by atomic mass is 10.0. The normalized spacial score (nSPS) is 14.2. The van der Waals surface area contributed by atoms with Gasteiger partial charge < -0.3 is 0 Å². The predicted octanol–water partition coefficient (Wildman–Crippen LogP) is 6.86. The molecule has 0 N–H and O–H groups in total. The minimum Gasteiger partial charge on any atom is -0.0654 e. The van der Waals surface area contributed by atoms with E-state index in [2.05, 4.69) is 44.1 Å². The third kappa shape index (κ3) is 21.8. The van der Waals surface area contributed by atoms with E-state index in [9.17, 15) is 0 Å². The summed E-state index contributed by atoms with van der Waals surface area (Å²) in [6, 6.07) is 0. The van der Waals surface area contributed by atoms with Crippen LogP contribution >= 0.6 is 0 Å². The summed E-state index contributed by atoms with van der Waals surface area (Å²) < 4.78 is 0. The lowest BCUT2D eigenvalue weighted by Crippen LogP contribution is -2.07. The van der Waals surface area contributed by atoms with Gasteiger partial charge >= 0.3 is 0 Å². The Bertz CT molecular complexity index is 184. The van der Waals surface area contributed by atoms with Gasteiger partial charge in [-0.1, -0.05) is 117 Å². The van der Waals surface area contributed by atoms with Crippen molar-refractivity contribution in [1.29, 1.82) is 0 Å². The summed E-state index contributed by atoms with van der Waals surface area (Å²) in [6.07, 6.45) is 23.4. The smallest absolute Gasteiger partial charge is 0 e. The zero-order chi connectivity index (χ0) is 17.6. The van der Waals surface area contributed by atoms with E-state index in [0.717, 1.165) is 0 Å². The molecule has 1 rings (SSSR count). The van der Waals surface area contributed by atoms with Crippen LogP contribution in [-0.4, -0.2) is 0 Å². The van der Waals surface area contributed by atoms with Gasteiger partial charge in [0.05, 0.1) is 0 Å². The van der Waals surface area contributed by atoms with Gasteiger partial charge in [0.15, 0.2) is 0 Å². The molecule has 0 bridgehead atoms. The number of hydrogen-bond acceptors (Lipinski definition) is 6. The molecule has 1 fully saturated rings. The largest absolute Gasteiger partial charge is 0.0654 e. The molecule has 1 heterocycles. The molecule has 0 atom stereocenters. The maximum Gasteiger partial charge on any atom is 0 e. The lowest BCUT2D eigenvalue weighted by Gasteiger charge is -2.03. The lowest BCUT2D eigenvalue weighted by molar-refractivity contribution is -0.914. The SMILES string of the molecule is CCCCCCCCCCCCCCCCCC.O1OOOOO1.